The van der Waals surface area contributed by atoms with Crippen LogP contribution >= 0.6 is 0 Å². The fraction of sp³-hybridized carbons (Fsp3) is 0.333. The number of rotatable bonds is 2. The van der Waals surface area contributed by atoms with Crippen molar-refractivity contribution in [1.82, 2.24) is 9.55 Å². The summed E-state index contributed by atoms with van der Waals surface area (Å²) in [6, 6.07) is 7.61. The first-order valence-corrected chi connectivity index (χ1v) is 6.90. The summed E-state index contributed by atoms with van der Waals surface area (Å²) in [5.41, 5.74) is 1.28. The average Bonchev–Trinajstić information content (AvgIpc) is 2.48. The topological polar surface area (TPSA) is 78.0 Å². The number of hydrogen-bond acceptors (Lipinski definition) is 4. The van der Waals surface area contributed by atoms with Gasteiger partial charge in [-0.25, -0.2) is 4.98 Å². The number of aromatic nitrogens is 2. The SMILES string of the molecule is C[C@H]1CCc2nc(-c3ccc([N+](=O)[O-])cc3)cc(=O)n2C1. The van der Waals surface area contributed by atoms with Gasteiger partial charge in [0.25, 0.3) is 11.2 Å². The Labute approximate surface area is 121 Å². The molecule has 0 spiro atoms. The van der Waals surface area contributed by atoms with Gasteiger partial charge in [0.1, 0.15) is 5.82 Å². The van der Waals surface area contributed by atoms with Gasteiger partial charge < -0.3 is 0 Å². The van der Waals surface area contributed by atoms with Crippen LogP contribution in [0.4, 0.5) is 5.69 Å². The zero-order valence-corrected chi connectivity index (χ0v) is 11.7. The normalized spacial score (nSPS) is 17.3. The first-order valence-electron chi connectivity index (χ1n) is 6.90. The van der Waals surface area contributed by atoms with Crippen LogP contribution in [-0.2, 0) is 13.0 Å². The van der Waals surface area contributed by atoms with Gasteiger partial charge in [-0.05, 0) is 24.5 Å². The molecule has 1 aromatic carbocycles. The Morgan fingerprint density at radius 2 is 2.05 bits per heavy atom. The molecule has 2 aromatic rings. The molecule has 0 unspecified atom stereocenters. The van der Waals surface area contributed by atoms with Crippen molar-refractivity contribution in [2.24, 2.45) is 5.92 Å². The molecule has 1 atom stereocenters. The maximum Gasteiger partial charge on any atom is 0.269 e. The van der Waals surface area contributed by atoms with Gasteiger partial charge in [-0.3, -0.25) is 19.5 Å². The minimum absolute atomic E-state index is 0.0299. The number of non-ortho nitro benzene ring substituents is 1. The zero-order chi connectivity index (χ0) is 15.0. The Balaban J connectivity index is 2.02. The maximum atomic E-state index is 12.2. The lowest BCUT2D eigenvalue weighted by atomic mass is 10.0. The van der Waals surface area contributed by atoms with Gasteiger partial charge in [0.05, 0.1) is 10.6 Å². The molecule has 0 radical (unpaired) electrons. The monoisotopic (exact) mass is 285 g/mol. The first-order chi connectivity index (χ1) is 10.0. The number of aryl methyl sites for hydroxylation is 1. The summed E-state index contributed by atoms with van der Waals surface area (Å²) in [7, 11) is 0. The molecule has 1 aliphatic heterocycles. The Hall–Kier alpha value is -2.50. The van der Waals surface area contributed by atoms with Crippen molar-refractivity contribution in [3.05, 3.63) is 56.6 Å². The maximum absolute atomic E-state index is 12.2. The summed E-state index contributed by atoms with van der Waals surface area (Å²) < 4.78 is 1.73. The number of nitro groups is 1. The van der Waals surface area contributed by atoms with E-state index in [2.05, 4.69) is 11.9 Å². The van der Waals surface area contributed by atoms with Gasteiger partial charge in [-0.2, -0.15) is 0 Å². The summed E-state index contributed by atoms with van der Waals surface area (Å²) >= 11 is 0. The van der Waals surface area contributed by atoms with Gasteiger partial charge in [-0.1, -0.05) is 6.92 Å². The molecular formula is C15H15N3O3. The molecule has 0 fully saturated rings. The smallest absolute Gasteiger partial charge is 0.269 e. The Kier molecular flexibility index (Phi) is 3.29. The predicted molar refractivity (Wildman–Crippen MR) is 78.1 cm³/mol. The molecule has 6 heteroatoms. The van der Waals surface area contributed by atoms with E-state index in [0.717, 1.165) is 24.2 Å². The third kappa shape index (κ3) is 2.56. The molecule has 108 valence electrons. The van der Waals surface area contributed by atoms with Crippen LogP contribution in [0.5, 0.6) is 0 Å². The summed E-state index contributed by atoms with van der Waals surface area (Å²) in [6.45, 7) is 2.83. The highest BCUT2D eigenvalue weighted by molar-refractivity contribution is 5.60. The third-order valence-corrected chi connectivity index (χ3v) is 3.82. The second kappa shape index (κ2) is 5.12. The molecule has 0 bridgehead atoms. The zero-order valence-electron chi connectivity index (χ0n) is 11.7. The van der Waals surface area contributed by atoms with Crippen LogP contribution in [0, 0.1) is 16.0 Å². The minimum Gasteiger partial charge on any atom is -0.296 e. The van der Waals surface area contributed by atoms with Crippen LogP contribution in [-0.4, -0.2) is 14.5 Å². The molecule has 0 saturated carbocycles. The van der Waals surface area contributed by atoms with Gasteiger partial charge in [0, 0.05) is 36.7 Å². The Morgan fingerprint density at radius 3 is 2.71 bits per heavy atom. The van der Waals surface area contributed by atoms with E-state index in [9.17, 15) is 14.9 Å². The minimum atomic E-state index is -0.444. The summed E-state index contributed by atoms with van der Waals surface area (Å²) in [5, 5.41) is 10.7. The highest BCUT2D eigenvalue weighted by Gasteiger charge is 2.18. The number of nitrogens with zero attached hydrogens (tertiary/aromatic N) is 3. The van der Waals surface area contributed by atoms with Crippen LogP contribution < -0.4 is 5.56 Å². The molecule has 21 heavy (non-hydrogen) atoms. The second-order valence-corrected chi connectivity index (χ2v) is 5.45. The lowest BCUT2D eigenvalue weighted by Gasteiger charge is -2.22. The van der Waals surface area contributed by atoms with Crippen LogP contribution in [0.2, 0.25) is 0 Å². The Morgan fingerprint density at radius 1 is 1.33 bits per heavy atom. The van der Waals surface area contributed by atoms with Crippen molar-refractivity contribution >= 4 is 5.69 Å². The Bertz CT molecular complexity index is 750. The number of fused-ring (bicyclic) bond motifs is 1. The van der Waals surface area contributed by atoms with E-state index in [4.69, 9.17) is 0 Å². The van der Waals surface area contributed by atoms with Crippen molar-refractivity contribution in [2.45, 2.75) is 26.3 Å². The average molecular weight is 285 g/mol. The largest absolute Gasteiger partial charge is 0.296 e. The number of nitro benzene ring substituents is 1. The molecule has 2 heterocycles. The molecule has 1 aromatic heterocycles. The van der Waals surface area contributed by atoms with Crippen molar-refractivity contribution < 1.29 is 4.92 Å². The quantitative estimate of drug-likeness (QED) is 0.627. The van der Waals surface area contributed by atoms with Crippen LogP contribution in [0.3, 0.4) is 0 Å². The molecule has 6 nitrogen and oxygen atoms in total. The molecule has 0 N–H and O–H groups in total. The lowest BCUT2D eigenvalue weighted by molar-refractivity contribution is -0.384. The van der Waals surface area contributed by atoms with E-state index < -0.39 is 4.92 Å². The van der Waals surface area contributed by atoms with Gasteiger partial charge >= 0.3 is 0 Å². The summed E-state index contributed by atoms with van der Waals surface area (Å²) in [6.07, 6.45) is 1.81. The van der Waals surface area contributed by atoms with Crippen LogP contribution in [0.1, 0.15) is 19.2 Å². The molecule has 1 aliphatic rings. The van der Waals surface area contributed by atoms with Gasteiger partial charge in [0.2, 0.25) is 0 Å². The molecule has 0 saturated heterocycles. The van der Waals surface area contributed by atoms with Crippen LogP contribution in [0.25, 0.3) is 11.3 Å². The third-order valence-electron chi connectivity index (χ3n) is 3.82. The second-order valence-electron chi connectivity index (χ2n) is 5.45. The first kappa shape index (κ1) is 13.5. The standard InChI is InChI=1S/C15H15N3O3/c1-10-2-7-14-16-13(8-15(19)17(14)9-10)11-3-5-12(6-4-11)18(20)21/h3-6,8,10H,2,7,9H2,1H3/t10-/m0/s1. The van der Waals surface area contributed by atoms with E-state index in [-0.39, 0.29) is 11.2 Å². The highest BCUT2D eigenvalue weighted by atomic mass is 16.6. The summed E-state index contributed by atoms with van der Waals surface area (Å²) in [5.74, 6) is 1.29. The predicted octanol–water partition coefficient (Wildman–Crippen LogP) is 2.40. The molecule has 0 aliphatic carbocycles. The van der Waals surface area contributed by atoms with Crippen LogP contribution in [0.15, 0.2) is 35.1 Å². The van der Waals surface area contributed by atoms with E-state index in [1.807, 2.05) is 0 Å². The fourth-order valence-corrected chi connectivity index (χ4v) is 2.62. The molecular weight excluding hydrogens is 270 g/mol. The van der Waals surface area contributed by atoms with Crippen molar-refractivity contribution in [2.75, 3.05) is 0 Å². The lowest BCUT2D eigenvalue weighted by Crippen LogP contribution is -2.31. The van der Waals surface area contributed by atoms with Gasteiger partial charge in [-0.15, -0.1) is 0 Å². The number of hydrogen-bond donors (Lipinski definition) is 0. The van der Waals surface area contributed by atoms with E-state index in [1.54, 1.807) is 16.7 Å². The molecule has 0 amide bonds. The van der Waals surface area contributed by atoms with Gasteiger partial charge in [0.15, 0.2) is 0 Å². The number of benzene rings is 1. The summed E-state index contributed by atoms with van der Waals surface area (Å²) in [4.78, 5) is 27.0. The van der Waals surface area contributed by atoms with E-state index >= 15 is 0 Å². The molecule has 3 rings (SSSR count). The van der Waals surface area contributed by atoms with E-state index in [0.29, 0.717) is 18.2 Å². The highest BCUT2D eigenvalue weighted by Crippen LogP contribution is 2.22. The van der Waals surface area contributed by atoms with E-state index in [1.165, 1.54) is 18.2 Å². The fourth-order valence-electron chi connectivity index (χ4n) is 2.62. The van der Waals surface area contributed by atoms with Crippen molar-refractivity contribution in [1.29, 1.82) is 0 Å². The van der Waals surface area contributed by atoms with Crippen molar-refractivity contribution in [3.8, 4) is 11.3 Å². The van der Waals surface area contributed by atoms with Crippen molar-refractivity contribution in [3.63, 3.8) is 0 Å².